The largest absolute Gasteiger partial charge is 0.462 e. The van der Waals surface area contributed by atoms with E-state index in [0.717, 1.165) is 11.8 Å². The van der Waals surface area contributed by atoms with Crippen LogP contribution in [0.2, 0.25) is 0 Å². The van der Waals surface area contributed by atoms with Gasteiger partial charge in [0.2, 0.25) is 0 Å². The van der Waals surface area contributed by atoms with E-state index in [-0.39, 0.29) is 24.2 Å². The second-order valence-electron chi connectivity index (χ2n) is 6.25. The van der Waals surface area contributed by atoms with Crippen molar-refractivity contribution in [1.82, 2.24) is 0 Å². The lowest BCUT2D eigenvalue weighted by Gasteiger charge is -2.28. The van der Waals surface area contributed by atoms with Crippen molar-refractivity contribution in [2.75, 3.05) is 5.75 Å². The van der Waals surface area contributed by atoms with Gasteiger partial charge in [0, 0.05) is 6.42 Å². The van der Waals surface area contributed by atoms with Crippen LogP contribution >= 0.6 is 11.8 Å². The Labute approximate surface area is 146 Å². The van der Waals surface area contributed by atoms with Crippen LogP contribution in [0.4, 0.5) is 30.7 Å². The highest BCUT2D eigenvalue weighted by atomic mass is 32.2. The third-order valence-electron chi connectivity index (χ3n) is 3.19. The summed E-state index contributed by atoms with van der Waals surface area (Å²) in [5, 5.41) is -0.556. The Hall–Kier alpha value is -0.670. The molecule has 0 amide bonds. The summed E-state index contributed by atoms with van der Waals surface area (Å²) < 4.78 is 92.8. The van der Waals surface area contributed by atoms with E-state index in [2.05, 4.69) is 0 Å². The first-order chi connectivity index (χ1) is 11.1. The zero-order valence-corrected chi connectivity index (χ0v) is 15.2. The minimum absolute atomic E-state index is 0.0215. The minimum atomic E-state index is -6.30. The van der Waals surface area contributed by atoms with E-state index in [9.17, 15) is 35.5 Å². The molecule has 0 N–H and O–H groups in total. The lowest BCUT2D eigenvalue weighted by Crippen LogP contribution is -2.51. The monoisotopic (exact) mass is 400 g/mol. The number of esters is 1. The first-order valence-electron chi connectivity index (χ1n) is 7.78. The molecule has 0 aliphatic heterocycles. The number of unbranched alkanes of at least 4 members (excludes halogenated alkanes) is 1. The third-order valence-corrected chi connectivity index (χ3v) is 4.81. The summed E-state index contributed by atoms with van der Waals surface area (Å²) in [6.45, 7) is 6.86. The Morgan fingerprint density at radius 2 is 1.48 bits per heavy atom. The van der Waals surface area contributed by atoms with Crippen LogP contribution in [-0.4, -0.2) is 41.1 Å². The Balaban J connectivity index is 4.46. The van der Waals surface area contributed by atoms with E-state index < -0.39 is 42.1 Å². The number of thioether (sulfide) groups is 1. The number of rotatable bonds is 10. The Bertz CT molecular complexity index is 423. The normalized spacial score (nSPS) is 14.9. The molecule has 0 heterocycles. The first-order valence-corrected chi connectivity index (χ1v) is 8.82. The van der Waals surface area contributed by atoms with Crippen LogP contribution in [0.15, 0.2) is 0 Å². The fourth-order valence-electron chi connectivity index (χ4n) is 1.86. The number of ether oxygens (including phenoxy) is 1. The Kier molecular flexibility index (Phi) is 9.07. The number of carbonyl (C=O) groups excluding carboxylic acids is 1. The molecule has 2 nitrogen and oxygen atoms in total. The first kappa shape index (κ1) is 24.3. The standard InChI is InChI=1S/C15H23F7O2S/c1-9(2)11(12(23)24-10(3)4)25-8-6-5-7-13(16,17)14(18,19)15(20,21)22/h9-11H,5-8H2,1-4H3. The number of carbonyl (C=O) groups is 1. The van der Waals surface area contributed by atoms with E-state index in [1.54, 1.807) is 27.7 Å². The van der Waals surface area contributed by atoms with Gasteiger partial charge in [0.15, 0.2) is 0 Å². The van der Waals surface area contributed by atoms with Crippen LogP contribution in [0.3, 0.4) is 0 Å². The van der Waals surface area contributed by atoms with Gasteiger partial charge in [0.25, 0.3) is 0 Å². The van der Waals surface area contributed by atoms with Gasteiger partial charge in [-0.05, 0) is 38.4 Å². The predicted octanol–water partition coefficient (Wildman–Crippen LogP) is 5.70. The molecule has 1 atom stereocenters. The molecule has 0 aliphatic rings. The zero-order chi connectivity index (χ0) is 20.1. The second kappa shape index (κ2) is 9.32. The quantitative estimate of drug-likeness (QED) is 0.267. The van der Waals surface area contributed by atoms with Gasteiger partial charge in [-0.1, -0.05) is 13.8 Å². The Morgan fingerprint density at radius 1 is 0.960 bits per heavy atom. The molecule has 0 aromatic heterocycles. The van der Waals surface area contributed by atoms with Crippen LogP contribution in [0.25, 0.3) is 0 Å². The molecular weight excluding hydrogens is 377 g/mol. The molecule has 0 aromatic carbocycles. The number of alkyl halides is 7. The third kappa shape index (κ3) is 7.22. The molecular formula is C15H23F7O2S. The topological polar surface area (TPSA) is 26.3 Å². The van der Waals surface area contributed by atoms with Crippen molar-refractivity contribution in [2.24, 2.45) is 5.92 Å². The molecule has 0 rings (SSSR count). The maximum atomic E-state index is 13.1. The van der Waals surface area contributed by atoms with E-state index in [1.807, 2.05) is 0 Å². The molecule has 1 unspecified atom stereocenters. The Morgan fingerprint density at radius 3 is 1.88 bits per heavy atom. The number of halogens is 7. The van der Waals surface area contributed by atoms with Crippen molar-refractivity contribution in [2.45, 2.75) is 76.3 Å². The highest BCUT2D eigenvalue weighted by Crippen LogP contribution is 2.48. The maximum Gasteiger partial charge on any atom is 0.459 e. The molecule has 10 heteroatoms. The van der Waals surface area contributed by atoms with E-state index >= 15 is 0 Å². The molecule has 0 spiro atoms. The summed E-state index contributed by atoms with van der Waals surface area (Å²) in [5.74, 6) is -11.6. The molecule has 0 fully saturated rings. The van der Waals surface area contributed by atoms with E-state index in [1.165, 1.54) is 0 Å². The average Bonchev–Trinajstić information content (AvgIpc) is 2.39. The molecule has 25 heavy (non-hydrogen) atoms. The lowest BCUT2D eigenvalue weighted by molar-refractivity contribution is -0.355. The van der Waals surface area contributed by atoms with Gasteiger partial charge in [0.05, 0.1) is 6.10 Å². The van der Waals surface area contributed by atoms with Crippen LogP contribution in [0.5, 0.6) is 0 Å². The van der Waals surface area contributed by atoms with Crippen LogP contribution in [0.1, 0.15) is 47.0 Å². The molecule has 0 saturated heterocycles. The summed E-state index contributed by atoms with van der Waals surface area (Å²) in [6.07, 6.45) is -8.74. The average molecular weight is 400 g/mol. The fourth-order valence-corrected chi connectivity index (χ4v) is 3.06. The molecule has 0 aliphatic carbocycles. The molecule has 0 radical (unpaired) electrons. The summed E-state index contributed by atoms with van der Waals surface area (Å²) >= 11 is 1.11. The summed E-state index contributed by atoms with van der Waals surface area (Å²) in [6, 6.07) is 0. The van der Waals surface area contributed by atoms with Crippen molar-refractivity contribution in [1.29, 1.82) is 0 Å². The predicted molar refractivity (Wildman–Crippen MR) is 82.1 cm³/mol. The van der Waals surface area contributed by atoms with Crippen molar-refractivity contribution in [3.63, 3.8) is 0 Å². The maximum absolute atomic E-state index is 13.1. The van der Waals surface area contributed by atoms with Crippen molar-refractivity contribution < 1.29 is 40.3 Å². The van der Waals surface area contributed by atoms with Crippen LogP contribution in [0, 0.1) is 5.92 Å². The SMILES string of the molecule is CC(C)OC(=O)C(SCCCCC(F)(F)C(F)(F)C(F)(F)F)C(C)C. The zero-order valence-electron chi connectivity index (χ0n) is 14.4. The van der Waals surface area contributed by atoms with Crippen molar-refractivity contribution in [3.05, 3.63) is 0 Å². The molecule has 0 aromatic rings. The molecule has 0 bridgehead atoms. The van der Waals surface area contributed by atoms with E-state index in [0.29, 0.717) is 0 Å². The fraction of sp³-hybridized carbons (Fsp3) is 0.933. The van der Waals surface area contributed by atoms with Crippen molar-refractivity contribution >= 4 is 17.7 Å². The minimum Gasteiger partial charge on any atom is -0.462 e. The molecule has 150 valence electrons. The van der Waals surface area contributed by atoms with Crippen LogP contribution in [-0.2, 0) is 9.53 Å². The highest BCUT2D eigenvalue weighted by Gasteiger charge is 2.72. The lowest BCUT2D eigenvalue weighted by atomic mass is 10.0. The molecule has 0 saturated carbocycles. The van der Waals surface area contributed by atoms with E-state index in [4.69, 9.17) is 4.74 Å². The second-order valence-corrected chi connectivity index (χ2v) is 7.50. The van der Waals surface area contributed by atoms with Gasteiger partial charge >= 0.3 is 24.0 Å². The van der Waals surface area contributed by atoms with Gasteiger partial charge in [0.1, 0.15) is 5.25 Å². The summed E-state index contributed by atoms with van der Waals surface area (Å²) in [4.78, 5) is 11.9. The van der Waals surface area contributed by atoms with Gasteiger partial charge in [-0.2, -0.15) is 30.7 Å². The smallest absolute Gasteiger partial charge is 0.459 e. The van der Waals surface area contributed by atoms with Crippen LogP contribution < -0.4 is 0 Å². The number of hydrogen-bond acceptors (Lipinski definition) is 3. The van der Waals surface area contributed by atoms with Gasteiger partial charge < -0.3 is 4.74 Å². The van der Waals surface area contributed by atoms with Gasteiger partial charge in [-0.3, -0.25) is 4.79 Å². The van der Waals surface area contributed by atoms with Gasteiger partial charge in [-0.15, -0.1) is 11.8 Å². The van der Waals surface area contributed by atoms with Crippen molar-refractivity contribution in [3.8, 4) is 0 Å². The highest BCUT2D eigenvalue weighted by molar-refractivity contribution is 8.00. The number of hydrogen-bond donors (Lipinski definition) is 0. The summed E-state index contributed by atoms with van der Waals surface area (Å²) in [5.41, 5.74) is 0. The van der Waals surface area contributed by atoms with Gasteiger partial charge in [-0.25, -0.2) is 0 Å². The summed E-state index contributed by atoms with van der Waals surface area (Å²) in [7, 11) is 0.